The van der Waals surface area contributed by atoms with E-state index in [9.17, 15) is 4.39 Å². The highest BCUT2D eigenvalue weighted by molar-refractivity contribution is 7.99. The Morgan fingerprint density at radius 2 is 2.38 bits per heavy atom. The first-order valence-corrected chi connectivity index (χ1v) is 5.56. The molecular formula is C10H13FN2O2S. The van der Waals surface area contributed by atoms with Gasteiger partial charge in [0.05, 0.1) is 6.61 Å². The number of amidine groups is 1. The number of methoxy groups -OCH3 is 1. The summed E-state index contributed by atoms with van der Waals surface area (Å²) in [5.74, 6) is 0.189. The van der Waals surface area contributed by atoms with Gasteiger partial charge < -0.3 is 15.7 Å². The third-order valence-electron chi connectivity index (χ3n) is 1.88. The number of halogens is 1. The van der Waals surface area contributed by atoms with Crippen molar-refractivity contribution in [1.29, 1.82) is 0 Å². The van der Waals surface area contributed by atoms with Crippen molar-refractivity contribution in [1.82, 2.24) is 0 Å². The standard InChI is InChI=1S/C10H13FN2O2S/c1-15-4-5-16-9-3-2-7(6-8(9)11)10(12)13-14/h2-3,6,14H,4-5H2,1H3,(H2,12,13). The number of hydrogen-bond acceptors (Lipinski definition) is 4. The molecule has 88 valence electrons. The molecule has 0 radical (unpaired) electrons. The molecule has 4 nitrogen and oxygen atoms in total. The number of hydrogen-bond donors (Lipinski definition) is 2. The fourth-order valence-electron chi connectivity index (χ4n) is 1.07. The minimum absolute atomic E-state index is 0.104. The molecule has 1 aromatic carbocycles. The molecule has 0 aliphatic carbocycles. The van der Waals surface area contributed by atoms with Gasteiger partial charge in [0, 0.05) is 23.3 Å². The van der Waals surface area contributed by atoms with E-state index in [1.165, 1.54) is 17.8 Å². The zero-order valence-corrected chi connectivity index (χ0v) is 9.63. The number of ether oxygens (including phenoxy) is 1. The molecule has 0 atom stereocenters. The molecule has 0 saturated carbocycles. The third kappa shape index (κ3) is 3.39. The largest absolute Gasteiger partial charge is 0.409 e. The van der Waals surface area contributed by atoms with Crippen LogP contribution >= 0.6 is 11.8 Å². The molecule has 0 aromatic heterocycles. The Bertz CT molecular complexity index is 385. The van der Waals surface area contributed by atoms with Crippen molar-refractivity contribution in [3.8, 4) is 0 Å². The van der Waals surface area contributed by atoms with Crippen LogP contribution in [0.1, 0.15) is 5.56 Å². The van der Waals surface area contributed by atoms with Gasteiger partial charge in [0.25, 0.3) is 0 Å². The molecule has 0 heterocycles. The van der Waals surface area contributed by atoms with E-state index in [4.69, 9.17) is 15.7 Å². The molecule has 16 heavy (non-hydrogen) atoms. The average Bonchev–Trinajstić information content (AvgIpc) is 2.30. The molecule has 0 unspecified atom stereocenters. The Morgan fingerprint density at radius 1 is 1.62 bits per heavy atom. The Kier molecular flexibility index (Phi) is 5.07. The molecule has 0 spiro atoms. The summed E-state index contributed by atoms with van der Waals surface area (Å²) >= 11 is 1.36. The maximum atomic E-state index is 13.5. The van der Waals surface area contributed by atoms with E-state index in [-0.39, 0.29) is 11.7 Å². The predicted octanol–water partition coefficient (Wildman–Crippen LogP) is 1.66. The second kappa shape index (κ2) is 6.34. The monoisotopic (exact) mass is 244 g/mol. The van der Waals surface area contributed by atoms with Crippen LogP contribution in [0, 0.1) is 5.82 Å². The number of nitrogens with zero attached hydrogens (tertiary/aromatic N) is 1. The first-order valence-electron chi connectivity index (χ1n) is 4.58. The molecular weight excluding hydrogens is 231 g/mol. The van der Waals surface area contributed by atoms with Gasteiger partial charge in [-0.2, -0.15) is 0 Å². The zero-order valence-electron chi connectivity index (χ0n) is 8.81. The van der Waals surface area contributed by atoms with Crippen LogP contribution in [0.4, 0.5) is 4.39 Å². The fourth-order valence-corrected chi connectivity index (χ4v) is 1.90. The van der Waals surface area contributed by atoms with Gasteiger partial charge >= 0.3 is 0 Å². The minimum atomic E-state index is -0.384. The topological polar surface area (TPSA) is 67.8 Å². The quantitative estimate of drug-likeness (QED) is 0.206. The van der Waals surface area contributed by atoms with E-state index >= 15 is 0 Å². The van der Waals surface area contributed by atoms with Crippen molar-refractivity contribution in [2.45, 2.75) is 4.90 Å². The van der Waals surface area contributed by atoms with Gasteiger partial charge in [-0.1, -0.05) is 5.16 Å². The van der Waals surface area contributed by atoms with Gasteiger partial charge in [-0.15, -0.1) is 11.8 Å². The lowest BCUT2D eigenvalue weighted by Gasteiger charge is -2.04. The smallest absolute Gasteiger partial charge is 0.170 e. The second-order valence-electron chi connectivity index (χ2n) is 2.97. The molecule has 0 aliphatic heterocycles. The molecule has 0 amide bonds. The van der Waals surface area contributed by atoms with E-state index < -0.39 is 0 Å². The molecule has 0 fully saturated rings. The van der Waals surface area contributed by atoms with Crippen molar-refractivity contribution in [3.63, 3.8) is 0 Å². The summed E-state index contributed by atoms with van der Waals surface area (Å²) in [6.07, 6.45) is 0. The van der Waals surface area contributed by atoms with Crippen LogP contribution in [-0.4, -0.2) is 30.5 Å². The summed E-state index contributed by atoms with van der Waals surface area (Å²) in [7, 11) is 1.60. The van der Waals surface area contributed by atoms with Crippen molar-refractivity contribution < 1.29 is 14.3 Å². The van der Waals surface area contributed by atoms with Gasteiger partial charge in [0.15, 0.2) is 5.84 Å². The van der Waals surface area contributed by atoms with Gasteiger partial charge in [-0.05, 0) is 18.2 Å². The number of nitrogens with two attached hydrogens (primary N) is 1. The Hall–Kier alpha value is -1.27. The Balaban J connectivity index is 2.75. The van der Waals surface area contributed by atoms with Crippen molar-refractivity contribution in [2.75, 3.05) is 19.5 Å². The van der Waals surface area contributed by atoms with Crippen molar-refractivity contribution in [2.24, 2.45) is 10.9 Å². The van der Waals surface area contributed by atoms with Gasteiger partial charge in [0.2, 0.25) is 0 Å². The van der Waals surface area contributed by atoms with E-state index in [2.05, 4.69) is 5.16 Å². The SMILES string of the molecule is COCCSc1ccc(/C(N)=N/O)cc1F. The van der Waals surface area contributed by atoms with Crippen LogP contribution in [0.15, 0.2) is 28.3 Å². The molecule has 3 N–H and O–H groups in total. The highest BCUT2D eigenvalue weighted by Gasteiger charge is 2.06. The number of benzene rings is 1. The number of oxime groups is 1. The Labute approximate surface area is 97.3 Å². The minimum Gasteiger partial charge on any atom is -0.409 e. The highest BCUT2D eigenvalue weighted by atomic mass is 32.2. The fraction of sp³-hybridized carbons (Fsp3) is 0.300. The summed E-state index contributed by atoms with van der Waals surface area (Å²) < 4.78 is 18.4. The number of rotatable bonds is 5. The maximum absolute atomic E-state index is 13.5. The summed E-state index contributed by atoms with van der Waals surface area (Å²) in [5.41, 5.74) is 5.70. The average molecular weight is 244 g/mol. The lowest BCUT2D eigenvalue weighted by molar-refractivity contribution is 0.218. The van der Waals surface area contributed by atoms with Crippen LogP contribution in [-0.2, 0) is 4.74 Å². The summed E-state index contributed by atoms with van der Waals surface area (Å²) in [6.45, 7) is 0.562. The van der Waals surface area contributed by atoms with Crippen LogP contribution in [0.5, 0.6) is 0 Å². The van der Waals surface area contributed by atoms with Crippen LogP contribution in [0.3, 0.4) is 0 Å². The lowest BCUT2D eigenvalue weighted by Crippen LogP contribution is -2.13. The summed E-state index contributed by atoms with van der Waals surface area (Å²) in [5, 5.41) is 11.2. The predicted molar refractivity (Wildman–Crippen MR) is 61.5 cm³/mol. The molecule has 6 heteroatoms. The van der Waals surface area contributed by atoms with Crippen LogP contribution < -0.4 is 5.73 Å². The van der Waals surface area contributed by atoms with Gasteiger partial charge in [-0.3, -0.25) is 0 Å². The van der Waals surface area contributed by atoms with Gasteiger partial charge in [0.1, 0.15) is 5.82 Å². The van der Waals surface area contributed by atoms with E-state index in [0.717, 1.165) is 0 Å². The summed E-state index contributed by atoms with van der Waals surface area (Å²) in [6, 6.07) is 4.44. The first-order chi connectivity index (χ1) is 7.69. The lowest BCUT2D eigenvalue weighted by atomic mass is 10.2. The van der Waals surface area contributed by atoms with Crippen molar-refractivity contribution in [3.05, 3.63) is 29.6 Å². The maximum Gasteiger partial charge on any atom is 0.170 e. The highest BCUT2D eigenvalue weighted by Crippen LogP contribution is 2.22. The molecule has 1 rings (SSSR count). The molecule has 0 aliphatic rings. The van der Waals surface area contributed by atoms with Crippen molar-refractivity contribution >= 4 is 17.6 Å². The Morgan fingerprint density at radius 3 is 2.94 bits per heavy atom. The first kappa shape index (κ1) is 12.8. The number of thioether (sulfide) groups is 1. The normalized spacial score (nSPS) is 11.8. The summed E-state index contributed by atoms with van der Waals surface area (Å²) in [4.78, 5) is 0.520. The van der Waals surface area contributed by atoms with E-state index in [0.29, 0.717) is 22.8 Å². The second-order valence-corrected chi connectivity index (χ2v) is 4.11. The molecule has 0 saturated heterocycles. The van der Waals surface area contributed by atoms with Crippen LogP contribution in [0.2, 0.25) is 0 Å². The zero-order chi connectivity index (χ0) is 12.0. The van der Waals surface area contributed by atoms with Crippen LogP contribution in [0.25, 0.3) is 0 Å². The van der Waals surface area contributed by atoms with Gasteiger partial charge in [-0.25, -0.2) is 4.39 Å². The van der Waals surface area contributed by atoms with E-state index in [1.807, 2.05) is 0 Å². The molecule has 0 bridgehead atoms. The third-order valence-corrected chi connectivity index (χ3v) is 2.89. The van der Waals surface area contributed by atoms with E-state index in [1.54, 1.807) is 19.2 Å². The molecule has 1 aromatic rings.